The Morgan fingerprint density at radius 1 is 1.15 bits per heavy atom. The number of hydrogen-bond acceptors (Lipinski definition) is 4. The van der Waals surface area contributed by atoms with E-state index < -0.39 is 10.0 Å². The lowest BCUT2D eigenvalue weighted by atomic mass is 10.1. The highest BCUT2D eigenvalue weighted by Gasteiger charge is 2.10. The summed E-state index contributed by atoms with van der Waals surface area (Å²) in [7, 11) is -3.78. The molecule has 0 unspecified atom stereocenters. The van der Waals surface area contributed by atoms with Crippen molar-refractivity contribution >= 4 is 27.1 Å². The first-order chi connectivity index (χ1) is 9.40. The number of anilines is 3. The number of nitrogen functional groups attached to an aromatic ring is 1. The molecule has 2 aromatic carbocycles. The standard InChI is InChI=1S/C14H17N3O2S/c1-2-10-5-3-4-6-14(10)17-12-7-11(15)8-13(9-12)20(16,18)19/h3-9,17H,2,15H2,1H3,(H2,16,18,19). The van der Waals surface area contributed by atoms with Gasteiger partial charge in [0.15, 0.2) is 0 Å². The van der Waals surface area contributed by atoms with Gasteiger partial charge in [-0.25, -0.2) is 13.6 Å². The van der Waals surface area contributed by atoms with E-state index in [9.17, 15) is 8.42 Å². The van der Waals surface area contributed by atoms with E-state index in [4.69, 9.17) is 10.9 Å². The molecule has 0 heterocycles. The van der Waals surface area contributed by atoms with Gasteiger partial charge in [0.05, 0.1) is 4.90 Å². The highest BCUT2D eigenvalue weighted by Crippen LogP contribution is 2.25. The van der Waals surface area contributed by atoms with Gasteiger partial charge >= 0.3 is 0 Å². The number of aryl methyl sites for hydroxylation is 1. The van der Waals surface area contributed by atoms with Gasteiger partial charge in [-0.05, 0) is 36.2 Å². The number of rotatable bonds is 4. The highest BCUT2D eigenvalue weighted by molar-refractivity contribution is 7.89. The second-order valence-corrected chi connectivity index (χ2v) is 6.03. The van der Waals surface area contributed by atoms with E-state index in [1.807, 2.05) is 24.3 Å². The molecule has 0 atom stereocenters. The summed E-state index contributed by atoms with van der Waals surface area (Å²) in [5.74, 6) is 0. The van der Waals surface area contributed by atoms with Gasteiger partial charge in [0, 0.05) is 17.1 Å². The van der Waals surface area contributed by atoms with Crippen LogP contribution in [0.2, 0.25) is 0 Å². The molecule has 106 valence electrons. The van der Waals surface area contributed by atoms with E-state index in [-0.39, 0.29) is 4.90 Å². The summed E-state index contributed by atoms with van der Waals surface area (Å²) in [5, 5.41) is 8.31. The molecule has 0 amide bonds. The molecule has 0 saturated carbocycles. The van der Waals surface area contributed by atoms with Crippen LogP contribution in [0.4, 0.5) is 17.1 Å². The van der Waals surface area contributed by atoms with Crippen molar-refractivity contribution in [2.45, 2.75) is 18.2 Å². The molecule has 5 nitrogen and oxygen atoms in total. The maximum Gasteiger partial charge on any atom is 0.238 e. The number of sulfonamides is 1. The van der Waals surface area contributed by atoms with Crippen molar-refractivity contribution in [3.8, 4) is 0 Å². The molecule has 0 spiro atoms. The Morgan fingerprint density at radius 3 is 2.50 bits per heavy atom. The highest BCUT2D eigenvalue weighted by atomic mass is 32.2. The maximum absolute atomic E-state index is 11.4. The first-order valence-electron chi connectivity index (χ1n) is 6.18. The molecular formula is C14H17N3O2S. The van der Waals surface area contributed by atoms with Crippen molar-refractivity contribution in [1.82, 2.24) is 0 Å². The smallest absolute Gasteiger partial charge is 0.238 e. The predicted molar refractivity (Wildman–Crippen MR) is 81.3 cm³/mol. The first-order valence-corrected chi connectivity index (χ1v) is 7.73. The summed E-state index contributed by atoms with van der Waals surface area (Å²) < 4.78 is 22.8. The number of hydrogen-bond donors (Lipinski definition) is 3. The fraction of sp³-hybridized carbons (Fsp3) is 0.143. The minimum Gasteiger partial charge on any atom is -0.399 e. The molecule has 2 rings (SSSR count). The zero-order chi connectivity index (χ0) is 14.8. The summed E-state index contributed by atoms with van der Waals surface area (Å²) in [6.45, 7) is 2.05. The first kappa shape index (κ1) is 14.4. The molecule has 0 saturated heterocycles. The summed E-state index contributed by atoms with van der Waals surface area (Å²) in [6, 6.07) is 12.3. The molecule has 0 aliphatic carbocycles. The molecule has 0 aliphatic rings. The third-order valence-electron chi connectivity index (χ3n) is 2.93. The van der Waals surface area contributed by atoms with Gasteiger partial charge in [0.1, 0.15) is 0 Å². The summed E-state index contributed by atoms with van der Waals surface area (Å²) in [4.78, 5) is -0.00557. The van der Waals surface area contributed by atoms with E-state index in [1.54, 1.807) is 6.07 Å². The van der Waals surface area contributed by atoms with Gasteiger partial charge in [0.2, 0.25) is 10.0 Å². The van der Waals surface area contributed by atoms with Gasteiger partial charge in [0.25, 0.3) is 0 Å². The average molecular weight is 291 g/mol. The van der Waals surface area contributed by atoms with E-state index in [0.717, 1.165) is 17.7 Å². The van der Waals surface area contributed by atoms with Crippen molar-refractivity contribution < 1.29 is 8.42 Å². The molecule has 0 bridgehead atoms. The minimum atomic E-state index is -3.78. The zero-order valence-corrected chi connectivity index (χ0v) is 11.9. The van der Waals surface area contributed by atoms with E-state index >= 15 is 0 Å². The number of nitrogens with two attached hydrogens (primary N) is 2. The number of primary sulfonamides is 1. The topological polar surface area (TPSA) is 98.2 Å². The summed E-state index contributed by atoms with van der Waals surface area (Å²) in [6.07, 6.45) is 0.869. The van der Waals surface area contributed by atoms with Gasteiger partial charge in [-0.2, -0.15) is 0 Å². The van der Waals surface area contributed by atoms with Crippen LogP contribution in [0.5, 0.6) is 0 Å². The van der Waals surface area contributed by atoms with Crippen LogP contribution < -0.4 is 16.2 Å². The SMILES string of the molecule is CCc1ccccc1Nc1cc(N)cc(S(N)(=O)=O)c1. The average Bonchev–Trinajstić information content (AvgIpc) is 2.37. The Hall–Kier alpha value is -2.05. The van der Waals surface area contributed by atoms with Crippen LogP contribution in [0, 0.1) is 0 Å². The second kappa shape index (κ2) is 5.52. The normalized spacial score (nSPS) is 11.3. The van der Waals surface area contributed by atoms with Crippen LogP contribution in [-0.2, 0) is 16.4 Å². The monoisotopic (exact) mass is 291 g/mol. The Labute approximate surface area is 118 Å². The van der Waals surface area contributed by atoms with Crippen LogP contribution in [0.25, 0.3) is 0 Å². The third kappa shape index (κ3) is 3.28. The van der Waals surface area contributed by atoms with Crippen LogP contribution >= 0.6 is 0 Å². The Kier molecular flexibility index (Phi) is 3.96. The quantitative estimate of drug-likeness (QED) is 0.752. The summed E-state index contributed by atoms with van der Waals surface area (Å²) >= 11 is 0. The van der Waals surface area contributed by atoms with Crippen molar-refractivity contribution in [2.24, 2.45) is 5.14 Å². The molecule has 2 aromatic rings. The van der Waals surface area contributed by atoms with Gasteiger partial charge in [-0.3, -0.25) is 0 Å². The van der Waals surface area contributed by atoms with Crippen molar-refractivity contribution in [1.29, 1.82) is 0 Å². The number of benzene rings is 2. The zero-order valence-electron chi connectivity index (χ0n) is 11.1. The molecule has 0 radical (unpaired) electrons. The van der Waals surface area contributed by atoms with Crippen LogP contribution in [0.15, 0.2) is 47.4 Å². The molecular weight excluding hydrogens is 274 g/mol. The van der Waals surface area contributed by atoms with Crippen LogP contribution in [-0.4, -0.2) is 8.42 Å². The van der Waals surface area contributed by atoms with E-state index in [1.165, 1.54) is 12.1 Å². The van der Waals surface area contributed by atoms with Crippen molar-refractivity contribution in [3.05, 3.63) is 48.0 Å². The number of para-hydroxylation sites is 1. The van der Waals surface area contributed by atoms with Crippen LogP contribution in [0.3, 0.4) is 0 Å². The van der Waals surface area contributed by atoms with Gasteiger partial charge in [-0.1, -0.05) is 25.1 Å². The van der Waals surface area contributed by atoms with Gasteiger partial charge < -0.3 is 11.1 Å². The largest absolute Gasteiger partial charge is 0.399 e. The lowest BCUT2D eigenvalue weighted by Gasteiger charge is -2.12. The van der Waals surface area contributed by atoms with Crippen molar-refractivity contribution in [2.75, 3.05) is 11.1 Å². The Bertz CT molecular complexity index is 727. The van der Waals surface area contributed by atoms with E-state index in [2.05, 4.69) is 12.2 Å². The number of nitrogens with one attached hydrogen (secondary N) is 1. The van der Waals surface area contributed by atoms with Gasteiger partial charge in [-0.15, -0.1) is 0 Å². The molecule has 0 aromatic heterocycles. The molecule has 20 heavy (non-hydrogen) atoms. The molecule has 5 N–H and O–H groups in total. The lowest BCUT2D eigenvalue weighted by Crippen LogP contribution is -2.12. The fourth-order valence-electron chi connectivity index (χ4n) is 1.96. The minimum absolute atomic E-state index is 0.00557. The maximum atomic E-state index is 11.4. The predicted octanol–water partition coefficient (Wildman–Crippen LogP) is 2.22. The van der Waals surface area contributed by atoms with Crippen LogP contribution in [0.1, 0.15) is 12.5 Å². The third-order valence-corrected chi connectivity index (χ3v) is 3.83. The Balaban J connectivity index is 2.42. The summed E-state index contributed by atoms with van der Waals surface area (Å²) in [5.41, 5.74) is 8.70. The lowest BCUT2D eigenvalue weighted by molar-refractivity contribution is 0.598. The van der Waals surface area contributed by atoms with Crippen molar-refractivity contribution in [3.63, 3.8) is 0 Å². The molecule has 0 fully saturated rings. The molecule has 6 heteroatoms. The fourth-order valence-corrected chi connectivity index (χ4v) is 2.56. The van der Waals surface area contributed by atoms with E-state index in [0.29, 0.717) is 11.4 Å². The molecule has 0 aliphatic heterocycles. The second-order valence-electron chi connectivity index (χ2n) is 4.47. The Morgan fingerprint density at radius 2 is 1.85 bits per heavy atom.